The summed E-state index contributed by atoms with van der Waals surface area (Å²) in [6, 6.07) is 0. The molecule has 1 heterocycles. The molecule has 1 aliphatic heterocycles. The summed E-state index contributed by atoms with van der Waals surface area (Å²) in [7, 11) is 5.67. The van der Waals surface area contributed by atoms with Crippen LogP contribution >= 0.6 is 0 Å². The first-order valence-corrected chi connectivity index (χ1v) is 4.03. The van der Waals surface area contributed by atoms with Gasteiger partial charge in [0.25, 0.3) is 0 Å². The normalized spacial score (nSPS) is 21.1. The van der Waals surface area contributed by atoms with E-state index in [0.29, 0.717) is 0 Å². The number of likely N-dealkylation sites (N-methyl/N-ethyl adjacent to an activating group) is 1. The molecular weight excluding hydrogens is 154 g/mol. The van der Waals surface area contributed by atoms with E-state index in [1.54, 1.807) is 0 Å². The minimum atomic E-state index is -0.375. The quantitative estimate of drug-likeness (QED) is 0.327. The maximum atomic E-state index is 3.27. The number of hydrogen-bond donors (Lipinski definition) is 5. The van der Waals surface area contributed by atoms with Crippen molar-refractivity contribution in [2.45, 2.75) is 5.91 Å². The third-order valence-electron chi connectivity index (χ3n) is 2.08. The summed E-state index contributed by atoms with van der Waals surface area (Å²) in [6.45, 7) is 0.811. The van der Waals surface area contributed by atoms with E-state index >= 15 is 0 Å². The van der Waals surface area contributed by atoms with Gasteiger partial charge in [-0.15, -0.1) is 0 Å². The first-order chi connectivity index (χ1) is 5.76. The minimum Gasteiger partial charge on any atom is -0.389 e. The fraction of sp³-hybridized carbons (Fsp3) is 0.714. The number of rotatable bonds is 3. The summed E-state index contributed by atoms with van der Waals surface area (Å²) in [6.07, 6.45) is 1.95. The Balaban J connectivity index is 2.59. The second-order valence-corrected chi connectivity index (χ2v) is 2.67. The Labute approximate surface area is 73.0 Å². The Hall–Kier alpha value is -0.780. The lowest BCUT2D eigenvalue weighted by molar-refractivity contribution is 0.190. The molecule has 0 unspecified atom stereocenters. The van der Waals surface area contributed by atoms with E-state index in [2.05, 4.69) is 26.6 Å². The molecular formula is C7H17N5. The van der Waals surface area contributed by atoms with E-state index in [-0.39, 0.29) is 5.91 Å². The van der Waals surface area contributed by atoms with E-state index < -0.39 is 0 Å². The fourth-order valence-electron chi connectivity index (χ4n) is 1.13. The van der Waals surface area contributed by atoms with Crippen LogP contribution in [0.3, 0.4) is 0 Å². The zero-order chi connectivity index (χ0) is 9.03. The molecule has 12 heavy (non-hydrogen) atoms. The van der Waals surface area contributed by atoms with Gasteiger partial charge in [-0.05, 0) is 14.1 Å². The van der Waals surface area contributed by atoms with Gasteiger partial charge >= 0.3 is 0 Å². The van der Waals surface area contributed by atoms with Crippen LogP contribution in [0.5, 0.6) is 0 Å². The van der Waals surface area contributed by atoms with Crippen molar-refractivity contribution in [2.75, 3.05) is 27.7 Å². The lowest BCUT2D eigenvalue weighted by atomic mass is 10.3. The number of hydrogen-bond acceptors (Lipinski definition) is 5. The number of nitrogens with one attached hydrogen (secondary N) is 5. The summed E-state index contributed by atoms with van der Waals surface area (Å²) in [5.41, 5.74) is 1.14. The standard InChI is InChI=1S/C7H17N5/c1-8-6-4-11-7(9-2,10-3)12-5-6/h4,8-12H,5H2,1-3H3. The summed E-state index contributed by atoms with van der Waals surface area (Å²) in [5, 5.41) is 15.7. The van der Waals surface area contributed by atoms with Crippen LogP contribution in [0.4, 0.5) is 0 Å². The Morgan fingerprint density at radius 1 is 1.33 bits per heavy atom. The Bertz CT molecular complexity index is 173. The van der Waals surface area contributed by atoms with Gasteiger partial charge in [0.05, 0.1) is 0 Å². The van der Waals surface area contributed by atoms with Crippen LogP contribution in [0, 0.1) is 0 Å². The topological polar surface area (TPSA) is 60.1 Å². The fourth-order valence-corrected chi connectivity index (χ4v) is 1.13. The van der Waals surface area contributed by atoms with Gasteiger partial charge in [-0.25, -0.2) is 0 Å². The van der Waals surface area contributed by atoms with Gasteiger partial charge < -0.3 is 10.6 Å². The molecule has 1 rings (SSSR count). The van der Waals surface area contributed by atoms with E-state index in [9.17, 15) is 0 Å². The molecule has 0 aromatic carbocycles. The molecule has 0 atom stereocenters. The predicted molar refractivity (Wildman–Crippen MR) is 49.1 cm³/mol. The second-order valence-electron chi connectivity index (χ2n) is 2.67. The van der Waals surface area contributed by atoms with Crippen LogP contribution in [0.15, 0.2) is 11.9 Å². The highest BCUT2D eigenvalue weighted by atomic mass is 15.5. The molecule has 0 aliphatic carbocycles. The average molecular weight is 171 g/mol. The molecule has 0 amide bonds. The van der Waals surface area contributed by atoms with E-state index in [1.165, 1.54) is 0 Å². The zero-order valence-electron chi connectivity index (χ0n) is 7.78. The van der Waals surface area contributed by atoms with Crippen LogP contribution in [-0.4, -0.2) is 33.6 Å². The predicted octanol–water partition coefficient (Wildman–Crippen LogP) is -1.71. The van der Waals surface area contributed by atoms with Gasteiger partial charge in [-0.2, -0.15) is 0 Å². The Kier molecular flexibility index (Phi) is 2.91. The van der Waals surface area contributed by atoms with Gasteiger partial charge in [0.1, 0.15) is 0 Å². The van der Waals surface area contributed by atoms with Crippen LogP contribution in [0.1, 0.15) is 0 Å². The Morgan fingerprint density at radius 2 is 2.00 bits per heavy atom. The summed E-state index contributed by atoms with van der Waals surface area (Å²) in [4.78, 5) is 0. The van der Waals surface area contributed by atoms with Crippen LogP contribution in [0.2, 0.25) is 0 Å². The van der Waals surface area contributed by atoms with Crippen molar-refractivity contribution in [3.63, 3.8) is 0 Å². The van der Waals surface area contributed by atoms with Gasteiger partial charge in [0.15, 0.2) is 0 Å². The van der Waals surface area contributed by atoms with Crippen molar-refractivity contribution in [2.24, 2.45) is 0 Å². The highest BCUT2D eigenvalue weighted by Gasteiger charge is 2.26. The van der Waals surface area contributed by atoms with Crippen molar-refractivity contribution in [1.29, 1.82) is 0 Å². The molecule has 0 aromatic rings. The van der Waals surface area contributed by atoms with Crippen molar-refractivity contribution >= 4 is 0 Å². The van der Waals surface area contributed by atoms with Crippen molar-refractivity contribution < 1.29 is 0 Å². The molecule has 1 aliphatic rings. The van der Waals surface area contributed by atoms with E-state index in [4.69, 9.17) is 0 Å². The monoisotopic (exact) mass is 171 g/mol. The van der Waals surface area contributed by atoms with E-state index in [0.717, 1.165) is 12.2 Å². The van der Waals surface area contributed by atoms with Crippen LogP contribution in [-0.2, 0) is 0 Å². The first kappa shape index (κ1) is 9.31. The molecule has 0 spiro atoms. The largest absolute Gasteiger partial charge is 0.389 e. The Morgan fingerprint density at radius 3 is 2.33 bits per heavy atom. The van der Waals surface area contributed by atoms with Gasteiger partial charge in [-0.1, -0.05) is 0 Å². The van der Waals surface area contributed by atoms with Crippen molar-refractivity contribution in [3.8, 4) is 0 Å². The summed E-state index contributed by atoms with van der Waals surface area (Å²) >= 11 is 0. The molecule has 0 saturated carbocycles. The molecule has 0 fully saturated rings. The first-order valence-electron chi connectivity index (χ1n) is 4.03. The second kappa shape index (κ2) is 3.75. The maximum Gasteiger partial charge on any atom is 0.202 e. The molecule has 0 radical (unpaired) electrons. The van der Waals surface area contributed by atoms with Gasteiger partial charge in [-0.3, -0.25) is 16.0 Å². The van der Waals surface area contributed by atoms with Gasteiger partial charge in [0, 0.05) is 25.5 Å². The third kappa shape index (κ3) is 1.69. The maximum absolute atomic E-state index is 3.27. The van der Waals surface area contributed by atoms with Gasteiger partial charge in [0.2, 0.25) is 5.91 Å². The van der Waals surface area contributed by atoms with Crippen molar-refractivity contribution in [1.82, 2.24) is 26.6 Å². The summed E-state index contributed by atoms with van der Waals surface area (Å²) < 4.78 is 0. The highest BCUT2D eigenvalue weighted by Crippen LogP contribution is 1.97. The molecule has 5 N–H and O–H groups in total. The van der Waals surface area contributed by atoms with E-state index in [1.807, 2.05) is 27.3 Å². The summed E-state index contributed by atoms with van der Waals surface area (Å²) in [5.74, 6) is -0.375. The molecule has 0 aromatic heterocycles. The molecule has 0 saturated heterocycles. The third-order valence-corrected chi connectivity index (χ3v) is 2.08. The smallest absolute Gasteiger partial charge is 0.202 e. The molecule has 5 nitrogen and oxygen atoms in total. The SMILES string of the molecule is CNC1=CNC(NC)(NC)NC1. The molecule has 5 heteroatoms. The van der Waals surface area contributed by atoms with Crippen LogP contribution in [0.25, 0.3) is 0 Å². The average Bonchev–Trinajstić information content (AvgIpc) is 2.18. The zero-order valence-corrected chi connectivity index (χ0v) is 7.78. The molecule has 70 valence electrons. The lowest BCUT2D eigenvalue weighted by Gasteiger charge is -2.38. The lowest BCUT2D eigenvalue weighted by Crippen LogP contribution is -2.73. The highest BCUT2D eigenvalue weighted by molar-refractivity contribution is 5.07. The van der Waals surface area contributed by atoms with Crippen molar-refractivity contribution in [3.05, 3.63) is 11.9 Å². The minimum absolute atomic E-state index is 0.375. The molecule has 0 bridgehead atoms. The van der Waals surface area contributed by atoms with Crippen LogP contribution < -0.4 is 26.6 Å².